The molecule has 0 bridgehead atoms. The Kier molecular flexibility index (Phi) is 3.85. The maximum Gasteiger partial charge on any atom is 0.335 e. The summed E-state index contributed by atoms with van der Waals surface area (Å²) in [6.45, 7) is 5.09. The number of aryl methyl sites for hydroxylation is 2. The number of hydrogen-bond donors (Lipinski definition) is 1. The van der Waals surface area contributed by atoms with E-state index in [1.807, 2.05) is 24.7 Å². The number of carboxylic acid groups (broad SMARTS) is 1. The Balaban J connectivity index is 2.10. The minimum Gasteiger partial charge on any atom is -0.488 e. The number of carboxylic acids is 1. The molecule has 0 atom stereocenters. The highest BCUT2D eigenvalue weighted by Gasteiger charge is 2.07. The number of hydrogen-bond acceptors (Lipinski definition) is 3. The molecule has 5 heteroatoms. The number of carbonyl (C=O) groups is 1. The van der Waals surface area contributed by atoms with Crippen LogP contribution < -0.4 is 4.74 Å². The monoisotopic (exact) mass is 260 g/mol. The van der Waals surface area contributed by atoms with Gasteiger partial charge in [-0.25, -0.2) is 4.79 Å². The summed E-state index contributed by atoms with van der Waals surface area (Å²) in [6.07, 6.45) is 3.66. The Morgan fingerprint density at radius 1 is 1.47 bits per heavy atom. The van der Waals surface area contributed by atoms with Gasteiger partial charge in [0.1, 0.15) is 12.4 Å². The van der Waals surface area contributed by atoms with Crippen molar-refractivity contribution in [1.82, 2.24) is 9.78 Å². The second kappa shape index (κ2) is 5.56. The van der Waals surface area contributed by atoms with Crippen LogP contribution in [-0.2, 0) is 13.2 Å². The number of benzene rings is 1. The van der Waals surface area contributed by atoms with E-state index in [1.165, 1.54) is 0 Å². The van der Waals surface area contributed by atoms with Crippen LogP contribution in [0.15, 0.2) is 30.6 Å². The van der Waals surface area contributed by atoms with Crippen molar-refractivity contribution < 1.29 is 14.6 Å². The molecule has 100 valence electrons. The van der Waals surface area contributed by atoms with Crippen molar-refractivity contribution in [2.24, 2.45) is 0 Å². The van der Waals surface area contributed by atoms with Crippen LogP contribution in [0.5, 0.6) is 5.75 Å². The van der Waals surface area contributed by atoms with Crippen molar-refractivity contribution in [1.29, 1.82) is 0 Å². The molecule has 1 aromatic heterocycles. The lowest BCUT2D eigenvalue weighted by atomic mass is 10.1. The first kappa shape index (κ1) is 13.1. The molecule has 1 aromatic carbocycles. The largest absolute Gasteiger partial charge is 0.488 e. The average molecular weight is 260 g/mol. The average Bonchev–Trinajstić information content (AvgIpc) is 2.85. The fourth-order valence-corrected chi connectivity index (χ4v) is 1.70. The van der Waals surface area contributed by atoms with Crippen molar-refractivity contribution in [3.63, 3.8) is 0 Å². The SMILES string of the molecule is CCn1cc(COc2cc(C(=O)O)ccc2C)cn1. The van der Waals surface area contributed by atoms with Crippen LogP contribution >= 0.6 is 0 Å². The van der Waals surface area contributed by atoms with Crippen molar-refractivity contribution in [3.05, 3.63) is 47.3 Å². The van der Waals surface area contributed by atoms with Crippen LogP contribution in [0, 0.1) is 6.92 Å². The first-order valence-corrected chi connectivity index (χ1v) is 6.08. The van der Waals surface area contributed by atoms with E-state index in [0.29, 0.717) is 12.4 Å². The van der Waals surface area contributed by atoms with E-state index >= 15 is 0 Å². The molecule has 0 saturated carbocycles. The van der Waals surface area contributed by atoms with Gasteiger partial charge >= 0.3 is 5.97 Å². The summed E-state index contributed by atoms with van der Waals surface area (Å²) in [4.78, 5) is 10.9. The second-order valence-electron chi connectivity index (χ2n) is 4.28. The lowest BCUT2D eigenvalue weighted by molar-refractivity contribution is 0.0696. The Morgan fingerprint density at radius 2 is 2.26 bits per heavy atom. The van der Waals surface area contributed by atoms with Gasteiger partial charge in [-0.05, 0) is 31.5 Å². The summed E-state index contributed by atoms with van der Waals surface area (Å²) in [7, 11) is 0. The van der Waals surface area contributed by atoms with E-state index in [2.05, 4.69) is 5.10 Å². The van der Waals surface area contributed by atoms with Crippen LogP contribution in [0.2, 0.25) is 0 Å². The number of rotatable bonds is 5. The standard InChI is InChI=1S/C14H16N2O3/c1-3-16-8-11(7-15-16)9-19-13-6-12(14(17)18)5-4-10(13)2/h4-8H,3,9H2,1-2H3,(H,17,18). The molecule has 2 rings (SSSR count). The second-order valence-corrected chi connectivity index (χ2v) is 4.28. The molecule has 0 spiro atoms. The Labute approximate surface area is 111 Å². The summed E-state index contributed by atoms with van der Waals surface area (Å²) in [5.74, 6) is -0.368. The number of aromatic nitrogens is 2. The van der Waals surface area contributed by atoms with Crippen molar-refractivity contribution in [2.75, 3.05) is 0 Å². The molecule has 0 aliphatic carbocycles. The molecule has 0 aliphatic heterocycles. The number of ether oxygens (including phenoxy) is 1. The zero-order chi connectivity index (χ0) is 13.8. The van der Waals surface area contributed by atoms with Gasteiger partial charge in [0.15, 0.2) is 0 Å². The van der Waals surface area contributed by atoms with E-state index in [-0.39, 0.29) is 5.56 Å². The highest BCUT2D eigenvalue weighted by atomic mass is 16.5. The highest BCUT2D eigenvalue weighted by molar-refractivity contribution is 5.88. The van der Waals surface area contributed by atoms with Crippen LogP contribution in [0.25, 0.3) is 0 Å². The van der Waals surface area contributed by atoms with Gasteiger partial charge in [-0.3, -0.25) is 4.68 Å². The summed E-state index contributed by atoms with van der Waals surface area (Å²) >= 11 is 0. The predicted molar refractivity (Wildman–Crippen MR) is 70.4 cm³/mol. The third-order valence-corrected chi connectivity index (χ3v) is 2.84. The molecular weight excluding hydrogens is 244 g/mol. The van der Waals surface area contributed by atoms with E-state index in [0.717, 1.165) is 17.7 Å². The van der Waals surface area contributed by atoms with Gasteiger partial charge in [0.2, 0.25) is 0 Å². The molecule has 0 unspecified atom stereocenters. The quantitative estimate of drug-likeness (QED) is 0.897. The lowest BCUT2D eigenvalue weighted by Crippen LogP contribution is -2.00. The van der Waals surface area contributed by atoms with Gasteiger partial charge < -0.3 is 9.84 Å². The molecule has 0 amide bonds. The molecule has 1 N–H and O–H groups in total. The van der Waals surface area contributed by atoms with Gasteiger partial charge in [0.05, 0.1) is 11.8 Å². The molecule has 0 saturated heterocycles. The molecule has 0 radical (unpaired) electrons. The minimum atomic E-state index is -0.955. The van der Waals surface area contributed by atoms with E-state index in [4.69, 9.17) is 9.84 Å². The zero-order valence-corrected chi connectivity index (χ0v) is 11.0. The minimum absolute atomic E-state index is 0.227. The van der Waals surface area contributed by atoms with E-state index < -0.39 is 5.97 Å². The topological polar surface area (TPSA) is 64.3 Å². The predicted octanol–water partition coefficient (Wildman–Crippen LogP) is 2.49. The summed E-state index contributed by atoms with van der Waals surface area (Å²) in [6, 6.07) is 4.86. The Bertz CT molecular complexity index is 590. The summed E-state index contributed by atoms with van der Waals surface area (Å²) < 4.78 is 7.47. The fraction of sp³-hybridized carbons (Fsp3) is 0.286. The maximum absolute atomic E-state index is 10.9. The van der Waals surface area contributed by atoms with Crippen LogP contribution in [0.4, 0.5) is 0 Å². The Morgan fingerprint density at radius 3 is 2.89 bits per heavy atom. The molecule has 0 aliphatic rings. The van der Waals surface area contributed by atoms with Gasteiger partial charge in [-0.15, -0.1) is 0 Å². The summed E-state index contributed by atoms with van der Waals surface area (Å²) in [5, 5.41) is 13.1. The first-order valence-electron chi connectivity index (χ1n) is 6.08. The van der Waals surface area contributed by atoms with Crippen molar-refractivity contribution in [3.8, 4) is 5.75 Å². The molecule has 5 nitrogen and oxygen atoms in total. The van der Waals surface area contributed by atoms with Gasteiger partial charge in [0.25, 0.3) is 0 Å². The smallest absolute Gasteiger partial charge is 0.335 e. The zero-order valence-electron chi connectivity index (χ0n) is 11.0. The highest BCUT2D eigenvalue weighted by Crippen LogP contribution is 2.20. The van der Waals surface area contributed by atoms with E-state index in [1.54, 1.807) is 24.4 Å². The van der Waals surface area contributed by atoms with Crippen molar-refractivity contribution in [2.45, 2.75) is 27.0 Å². The Hall–Kier alpha value is -2.30. The normalized spacial score (nSPS) is 10.4. The van der Waals surface area contributed by atoms with Crippen LogP contribution in [0.3, 0.4) is 0 Å². The fourth-order valence-electron chi connectivity index (χ4n) is 1.70. The number of nitrogens with zero attached hydrogens (tertiary/aromatic N) is 2. The van der Waals surface area contributed by atoms with Gasteiger partial charge in [0, 0.05) is 18.3 Å². The van der Waals surface area contributed by atoms with Crippen molar-refractivity contribution >= 4 is 5.97 Å². The molecule has 19 heavy (non-hydrogen) atoms. The molecule has 1 heterocycles. The molecule has 2 aromatic rings. The third-order valence-electron chi connectivity index (χ3n) is 2.84. The number of aromatic carboxylic acids is 1. The molecular formula is C14H16N2O3. The first-order chi connectivity index (χ1) is 9.10. The van der Waals surface area contributed by atoms with E-state index in [9.17, 15) is 4.79 Å². The van der Waals surface area contributed by atoms with Crippen LogP contribution in [-0.4, -0.2) is 20.9 Å². The molecule has 0 fully saturated rings. The maximum atomic E-state index is 10.9. The van der Waals surface area contributed by atoms with Gasteiger partial charge in [-0.1, -0.05) is 6.07 Å². The van der Waals surface area contributed by atoms with Crippen LogP contribution in [0.1, 0.15) is 28.4 Å². The third kappa shape index (κ3) is 3.13. The van der Waals surface area contributed by atoms with Gasteiger partial charge in [-0.2, -0.15) is 5.10 Å². The summed E-state index contributed by atoms with van der Waals surface area (Å²) in [5.41, 5.74) is 2.10. The lowest BCUT2D eigenvalue weighted by Gasteiger charge is -2.08.